The van der Waals surface area contributed by atoms with Gasteiger partial charge in [0.05, 0.1) is 13.1 Å². The second kappa shape index (κ2) is 13.6. The fourth-order valence-electron chi connectivity index (χ4n) is 4.79. The molecule has 11 nitrogen and oxygen atoms in total. The van der Waals surface area contributed by atoms with Crippen molar-refractivity contribution in [3.63, 3.8) is 0 Å². The molecule has 1 atom stereocenters. The van der Waals surface area contributed by atoms with Crippen LogP contribution in [-0.4, -0.2) is 68.7 Å². The number of carbonyl (C=O) groups excluding carboxylic acids is 4. The Labute approximate surface area is 245 Å². The van der Waals surface area contributed by atoms with Crippen molar-refractivity contribution >= 4 is 24.5 Å². The molecule has 4 rings (SSSR count). The van der Waals surface area contributed by atoms with Gasteiger partial charge in [0.25, 0.3) is 11.7 Å². The Morgan fingerprint density at radius 2 is 1.84 bits per heavy atom. The number of nitrogens with zero attached hydrogens (tertiary/aromatic N) is 5. The van der Waals surface area contributed by atoms with Gasteiger partial charge >= 0.3 is 6.18 Å². The third-order valence-corrected chi connectivity index (χ3v) is 7.12. The highest BCUT2D eigenvalue weighted by Crippen LogP contribution is 2.28. The van der Waals surface area contributed by atoms with Gasteiger partial charge in [-0.2, -0.15) is 13.2 Å². The zero-order valence-electron chi connectivity index (χ0n) is 23.6. The lowest BCUT2D eigenvalue weighted by Gasteiger charge is -2.26. The van der Waals surface area contributed by atoms with Gasteiger partial charge in [0, 0.05) is 37.7 Å². The third kappa shape index (κ3) is 7.44. The predicted octanol–water partition coefficient (Wildman–Crippen LogP) is 2.89. The summed E-state index contributed by atoms with van der Waals surface area (Å²) in [6.07, 6.45) is -3.67. The minimum Gasteiger partial charge on any atom is -0.489 e. The standard InChI is InChI=1S/C29H31F3N6O5/c1-19-22(27(42)37(18-40)23(6-4-14-39)26(41)33-2)5-3-7-24(19)43-17-21-10-8-20(9-11-21)15-36-12-13-38-25(16-36)34-28(35-38)29(30,31)32/h3,5,7-11,14,18,23H,4,6,12-13,15-17H2,1-2H3,(H,33,41). The molecule has 0 aliphatic carbocycles. The second-order valence-corrected chi connectivity index (χ2v) is 10.0. The Balaban J connectivity index is 1.38. The summed E-state index contributed by atoms with van der Waals surface area (Å²) in [7, 11) is 1.38. The molecule has 0 fully saturated rings. The van der Waals surface area contributed by atoms with Gasteiger partial charge in [0.1, 0.15) is 30.5 Å². The molecule has 0 bridgehead atoms. The Morgan fingerprint density at radius 3 is 2.49 bits per heavy atom. The van der Waals surface area contributed by atoms with Gasteiger partial charge in [-0.05, 0) is 36.6 Å². The first kappa shape index (κ1) is 31.3. The molecule has 43 heavy (non-hydrogen) atoms. The van der Waals surface area contributed by atoms with E-state index in [0.717, 1.165) is 16.0 Å². The summed E-state index contributed by atoms with van der Waals surface area (Å²) in [6, 6.07) is 11.3. The molecule has 0 saturated carbocycles. The maximum absolute atomic E-state index is 13.3. The van der Waals surface area contributed by atoms with Gasteiger partial charge in [-0.25, -0.2) is 9.67 Å². The molecule has 228 valence electrons. The number of amides is 3. The number of ether oxygens (including phenoxy) is 1. The lowest BCUT2D eigenvalue weighted by molar-refractivity contribution is -0.145. The lowest BCUT2D eigenvalue weighted by atomic mass is 10.0. The minimum absolute atomic E-state index is 0.000315. The molecule has 1 aliphatic heterocycles. The summed E-state index contributed by atoms with van der Waals surface area (Å²) in [4.78, 5) is 54.7. The summed E-state index contributed by atoms with van der Waals surface area (Å²) in [5.41, 5.74) is 2.47. The number of aromatic nitrogens is 3. The number of hydrogen-bond donors (Lipinski definition) is 1. The van der Waals surface area contributed by atoms with E-state index in [0.29, 0.717) is 37.2 Å². The van der Waals surface area contributed by atoms with Crippen LogP contribution in [0.1, 0.15) is 51.5 Å². The van der Waals surface area contributed by atoms with Gasteiger partial charge in [-0.15, -0.1) is 5.10 Å². The highest BCUT2D eigenvalue weighted by atomic mass is 19.4. The molecule has 0 saturated heterocycles. The van der Waals surface area contributed by atoms with E-state index in [1.165, 1.54) is 17.8 Å². The maximum Gasteiger partial charge on any atom is 0.453 e. The van der Waals surface area contributed by atoms with E-state index in [1.54, 1.807) is 19.1 Å². The SMILES string of the molecule is CNC(=O)C(CCC=O)N(C=O)C(=O)c1cccc(OCc2ccc(CN3CCn4nc(C(F)(F)F)nc4C3)cc2)c1C. The van der Waals surface area contributed by atoms with Crippen molar-refractivity contribution in [3.8, 4) is 5.75 Å². The number of imide groups is 1. The predicted molar refractivity (Wildman–Crippen MR) is 146 cm³/mol. The van der Waals surface area contributed by atoms with Crippen molar-refractivity contribution in [2.45, 2.75) is 58.2 Å². The quantitative estimate of drug-likeness (QED) is 0.315. The molecule has 1 unspecified atom stereocenters. The summed E-state index contributed by atoms with van der Waals surface area (Å²) < 4.78 is 46.1. The number of hydrogen-bond acceptors (Lipinski definition) is 8. The first-order chi connectivity index (χ1) is 20.5. The summed E-state index contributed by atoms with van der Waals surface area (Å²) >= 11 is 0. The van der Waals surface area contributed by atoms with Gasteiger partial charge in [0.2, 0.25) is 12.3 Å². The normalized spacial score (nSPS) is 14.0. The van der Waals surface area contributed by atoms with Crippen LogP contribution < -0.4 is 10.1 Å². The van der Waals surface area contributed by atoms with Crippen LogP contribution in [0.4, 0.5) is 13.2 Å². The molecule has 3 aromatic rings. The molecule has 1 aliphatic rings. The molecule has 0 radical (unpaired) electrons. The number of halogens is 3. The lowest BCUT2D eigenvalue weighted by Crippen LogP contribution is -2.48. The first-order valence-electron chi connectivity index (χ1n) is 13.5. The molecular weight excluding hydrogens is 569 g/mol. The van der Waals surface area contributed by atoms with Gasteiger partial charge in [-0.1, -0.05) is 30.3 Å². The Kier molecular flexibility index (Phi) is 9.91. The van der Waals surface area contributed by atoms with E-state index in [4.69, 9.17) is 4.74 Å². The number of aldehydes is 1. The largest absolute Gasteiger partial charge is 0.489 e. The molecule has 0 spiro atoms. The van der Waals surface area contributed by atoms with Crippen molar-refractivity contribution < 1.29 is 37.1 Å². The Hall–Kier alpha value is -4.59. The fourth-order valence-corrected chi connectivity index (χ4v) is 4.79. The van der Waals surface area contributed by atoms with Gasteiger partial charge in [-0.3, -0.25) is 24.2 Å². The Bertz CT molecular complexity index is 1470. The number of alkyl halides is 3. The van der Waals surface area contributed by atoms with E-state index >= 15 is 0 Å². The number of benzene rings is 2. The van der Waals surface area contributed by atoms with Crippen LogP contribution in [0.25, 0.3) is 0 Å². The number of fused-ring (bicyclic) bond motifs is 1. The number of likely N-dealkylation sites (N-methyl/N-ethyl adjacent to an activating group) is 1. The summed E-state index contributed by atoms with van der Waals surface area (Å²) in [6.45, 7) is 3.49. The number of nitrogens with one attached hydrogen (secondary N) is 1. The minimum atomic E-state index is -4.58. The summed E-state index contributed by atoms with van der Waals surface area (Å²) in [5.74, 6) is -1.67. The molecule has 14 heteroatoms. The zero-order chi connectivity index (χ0) is 31.1. The maximum atomic E-state index is 13.3. The first-order valence-corrected chi connectivity index (χ1v) is 13.5. The molecule has 2 aromatic carbocycles. The van der Waals surface area contributed by atoms with E-state index in [1.807, 2.05) is 29.2 Å². The topological polar surface area (TPSA) is 127 Å². The molecule has 1 aromatic heterocycles. The number of carbonyl (C=O) groups is 4. The van der Waals surface area contributed by atoms with Crippen molar-refractivity contribution in [1.29, 1.82) is 0 Å². The van der Waals surface area contributed by atoms with Crippen molar-refractivity contribution in [2.24, 2.45) is 0 Å². The average molecular weight is 601 g/mol. The average Bonchev–Trinajstić information content (AvgIpc) is 3.43. The monoisotopic (exact) mass is 600 g/mol. The van der Waals surface area contributed by atoms with Crippen LogP contribution in [-0.2, 0) is 46.8 Å². The van der Waals surface area contributed by atoms with Crippen LogP contribution in [0.5, 0.6) is 5.75 Å². The van der Waals surface area contributed by atoms with Crippen LogP contribution in [0.15, 0.2) is 42.5 Å². The highest BCUT2D eigenvalue weighted by molar-refractivity contribution is 6.04. The molecule has 2 heterocycles. The number of rotatable bonds is 12. The van der Waals surface area contributed by atoms with Gasteiger partial charge in [0.15, 0.2) is 0 Å². The molecular formula is C29H31F3N6O5. The zero-order valence-corrected chi connectivity index (χ0v) is 23.6. The van der Waals surface area contributed by atoms with E-state index in [-0.39, 0.29) is 43.8 Å². The van der Waals surface area contributed by atoms with Crippen molar-refractivity contribution in [1.82, 2.24) is 29.9 Å². The summed E-state index contributed by atoms with van der Waals surface area (Å²) in [5, 5.41) is 5.98. The van der Waals surface area contributed by atoms with E-state index in [2.05, 4.69) is 15.4 Å². The fraction of sp³-hybridized carbons (Fsp3) is 0.379. The third-order valence-electron chi connectivity index (χ3n) is 7.12. The van der Waals surface area contributed by atoms with Gasteiger partial charge < -0.3 is 14.8 Å². The van der Waals surface area contributed by atoms with Crippen molar-refractivity contribution in [2.75, 3.05) is 13.6 Å². The van der Waals surface area contributed by atoms with E-state index in [9.17, 15) is 32.3 Å². The van der Waals surface area contributed by atoms with Crippen LogP contribution in [0.2, 0.25) is 0 Å². The van der Waals surface area contributed by atoms with Crippen LogP contribution >= 0.6 is 0 Å². The second-order valence-electron chi connectivity index (χ2n) is 10.0. The Morgan fingerprint density at radius 1 is 1.12 bits per heavy atom. The van der Waals surface area contributed by atoms with Crippen molar-refractivity contribution in [3.05, 3.63) is 76.4 Å². The highest BCUT2D eigenvalue weighted by Gasteiger charge is 2.38. The molecule has 3 amide bonds. The smallest absolute Gasteiger partial charge is 0.453 e. The van der Waals surface area contributed by atoms with E-state index < -0.39 is 29.9 Å². The molecule has 1 N–H and O–H groups in total. The van der Waals surface area contributed by atoms with Crippen LogP contribution in [0, 0.1) is 6.92 Å². The van der Waals surface area contributed by atoms with Crippen LogP contribution in [0.3, 0.4) is 0 Å².